The van der Waals surface area contributed by atoms with Gasteiger partial charge in [-0.05, 0) is 72.4 Å². The summed E-state index contributed by atoms with van der Waals surface area (Å²) < 4.78 is 0. The van der Waals surface area contributed by atoms with Crippen LogP contribution in [0.25, 0.3) is 0 Å². The van der Waals surface area contributed by atoms with Crippen molar-refractivity contribution in [2.75, 3.05) is 0 Å². The van der Waals surface area contributed by atoms with Gasteiger partial charge in [0.2, 0.25) is 0 Å². The lowest BCUT2D eigenvalue weighted by Gasteiger charge is -2.38. The summed E-state index contributed by atoms with van der Waals surface area (Å²) in [6.45, 7) is 37.9. The molecule has 0 N–H and O–H groups in total. The average Bonchev–Trinajstić information content (AvgIpc) is 2.64. The Morgan fingerprint density at radius 3 is 1.31 bits per heavy atom. The highest BCUT2D eigenvalue weighted by Gasteiger charge is 2.34. The first-order valence-corrected chi connectivity index (χ1v) is 13.8. The first-order chi connectivity index (χ1) is 15.5. The van der Waals surface area contributed by atoms with Crippen LogP contribution in [0.2, 0.25) is 0 Å². The van der Waals surface area contributed by atoms with Gasteiger partial charge in [-0.2, -0.15) is 0 Å². The highest BCUT2D eigenvalue weighted by molar-refractivity contribution is 5.54. The van der Waals surface area contributed by atoms with Gasteiger partial charge < -0.3 is 0 Å². The Bertz CT molecular complexity index is 1030. The minimum absolute atomic E-state index is 0.0645. The van der Waals surface area contributed by atoms with E-state index in [1.807, 2.05) is 0 Å². The second kappa shape index (κ2) is 9.39. The van der Waals surface area contributed by atoms with Gasteiger partial charge in [0.15, 0.2) is 0 Å². The third-order valence-electron chi connectivity index (χ3n) is 7.48. The van der Waals surface area contributed by atoms with Crippen molar-refractivity contribution in [1.82, 2.24) is 0 Å². The summed E-state index contributed by atoms with van der Waals surface area (Å²) in [6, 6.07) is 12.4. The van der Waals surface area contributed by atoms with Crippen molar-refractivity contribution in [2.24, 2.45) is 0 Å². The van der Waals surface area contributed by atoms with E-state index in [4.69, 9.17) is 0 Å². The summed E-state index contributed by atoms with van der Waals surface area (Å²) in [5, 5.41) is 0. The van der Waals surface area contributed by atoms with E-state index < -0.39 is 0 Å². The summed E-state index contributed by atoms with van der Waals surface area (Å²) in [7, 11) is 0. The Kier molecular flexibility index (Phi) is 7.96. The van der Waals surface area contributed by atoms with Crippen LogP contribution in [-0.2, 0) is 27.1 Å². The van der Waals surface area contributed by atoms with Crippen LogP contribution in [-0.4, -0.2) is 0 Å². The summed E-state index contributed by atoms with van der Waals surface area (Å²) in [4.78, 5) is 0. The molecule has 35 heavy (non-hydrogen) atoms. The first-order valence-electron chi connectivity index (χ1n) is 13.8. The van der Waals surface area contributed by atoms with Gasteiger partial charge in [0, 0.05) is 5.92 Å². The fourth-order valence-electron chi connectivity index (χ4n) is 5.38. The SMILES string of the molecule is CCC(c1ccc(C(C)(C)C)cc1C(C)(C)C)c1cc(C(C)(C)C)cc(C(C)(C)C)c1C(C)(C)C. The van der Waals surface area contributed by atoms with Gasteiger partial charge in [0.1, 0.15) is 0 Å². The molecule has 2 rings (SSSR count). The molecule has 1 atom stereocenters. The fraction of sp³-hybridized carbons (Fsp3) is 0.657. The quantitative estimate of drug-likeness (QED) is 0.413. The molecular formula is C35H56. The number of hydrogen-bond donors (Lipinski definition) is 0. The molecule has 0 heterocycles. The van der Waals surface area contributed by atoms with Crippen LogP contribution in [0, 0.1) is 0 Å². The number of benzene rings is 2. The molecule has 0 aromatic heterocycles. The molecule has 0 amide bonds. The lowest BCUT2D eigenvalue weighted by atomic mass is 9.66. The van der Waals surface area contributed by atoms with E-state index >= 15 is 0 Å². The molecule has 1 unspecified atom stereocenters. The summed E-state index contributed by atoms with van der Waals surface area (Å²) in [6.07, 6.45) is 1.10. The Morgan fingerprint density at radius 2 is 0.943 bits per heavy atom. The van der Waals surface area contributed by atoms with Gasteiger partial charge in [-0.1, -0.05) is 141 Å². The van der Waals surface area contributed by atoms with Gasteiger partial charge in [0.05, 0.1) is 0 Å². The largest absolute Gasteiger partial charge is 0.0645 e. The van der Waals surface area contributed by atoms with Crippen molar-refractivity contribution in [1.29, 1.82) is 0 Å². The van der Waals surface area contributed by atoms with E-state index in [0.717, 1.165) is 6.42 Å². The van der Waals surface area contributed by atoms with Crippen molar-refractivity contribution in [3.8, 4) is 0 Å². The first kappa shape index (κ1) is 29.7. The zero-order valence-corrected chi connectivity index (χ0v) is 26.2. The average molecular weight is 477 g/mol. The van der Waals surface area contributed by atoms with E-state index in [1.54, 1.807) is 5.56 Å². The lowest BCUT2D eigenvalue weighted by Crippen LogP contribution is -2.28. The Hall–Kier alpha value is -1.56. The molecule has 0 aliphatic rings. The summed E-state index contributed by atoms with van der Waals surface area (Å²) in [5.74, 6) is 0.371. The van der Waals surface area contributed by atoms with Crippen molar-refractivity contribution in [2.45, 2.75) is 150 Å². The third-order valence-corrected chi connectivity index (χ3v) is 7.48. The number of rotatable bonds is 3. The van der Waals surface area contributed by atoms with Gasteiger partial charge in [-0.25, -0.2) is 0 Å². The van der Waals surface area contributed by atoms with E-state index in [-0.39, 0.29) is 27.1 Å². The molecule has 0 bridgehead atoms. The highest BCUT2D eigenvalue weighted by atomic mass is 14.4. The molecule has 0 nitrogen and oxygen atoms in total. The molecule has 0 saturated heterocycles. The van der Waals surface area contributed by atoms with Gasteiger partial charge in [0.25, 0.3) is 0 Å². The predicted molar refractivity (Wildman–Crippen MR) is 159 cm³/mol. The molecule has 2 aromatic carbocycles. The molecule has 0 saturated carbocycles. The van der Waals surface area contributed by atoms with Gasteiger partial charge >= 0.3 is 0 Å². The maximum atomic E-state index is 2.56. The zero-order valence-electron chi connectivity index (χ0n) is 26.2. The second-order valence-corrected chi connectivity index (χ2v) is 16.0. The summed E-state index contributed by atoms with van der Waals surface area (Å²) in [5.41, 5.74) is 10.9. The van der Waals surface area contributed by atoms with Crippen LogP contribution in [0.1, 0.15) is 162 Å². The third kappa shape index (κ3) is 6.61. The molecule has 0 radical (unpaired) electrons. The Balaban J connectivity index is 3.05. The molecule has 0 aliphatic heterocycles. The molecule has 196 valence electrons. The minimum Gasteiger partial charge on any atom is -0.0645 e. The van der Waals surface area contributed by atoms with E-state index in [1.165, 1.54) is 33.4 Å². The van der Waals surface area contributed by atoms with Crippen molar-refractivity contribution < 1.29 is 0 Å². The van der Waals surface area contributed by atoms with E-state index in [9.17, 15) is 0 Å². The van der Waals surface area contributed by atoms with Crippen LogP contribution in [0.3, 0.4) is 0 Å². The second-order valence-electron chi connectivity index (χ2n) is 16.0. The van der Waals surface area contributed by atoms with Crippen LogP contribution < -0.4 is 0 Å². The zero-order chi connectivity index (χ0) is 27.4. The van der Waals surface area contributed by atoms with Crippen molar-refractivity contribution in [3.63, 3.8) is 0 Å². The van der Waals surface area contributed by atoms with Crippen molar-refractivity contribution in [3.05, 3.63) is 69.3 Å². The number of hydrogen-bond acceptors (Lipinski definition) is 0. The van der Waals surface area contributed by atoms with E-state index in [2.05, 4.69) is 141 Å². The van der Waals surface area contributed by atoms with Crippen LogP contribution in [0.5, 0.6) is 0 Å². The Labute approximate surface area is 219 Å². The maximum Gasteiger partial charge on any atom is 0.00928 e. The molecule has 0 aliphatic carbocycles. The summed E-state index contributed by atoms with van der Waals surface area (Å²) >= 11 is 0. The fourth-order valence-corrected chi connectivity index (χ4v) is 5.38. The molecular weight excluding hydrogens is 420 g/mol. The van der Waals surface area contributed by atoms with Gasteiger partial charge in [-0.3, -0.25) is 0 Å². The highest BCUT2D eigenvalue weighted by Crippen LogP contribution is 2.46. The predicted octanol–water partition coefficient (Wildman–Crippen LogP) is 10.7. The molecule has 0 spiro atoms. The molecule has 0 fully saturated rings. The maximum absolute atomic E-state index is 2.56. The van der Waals surface area contributed by atoms with E-state index in [0.29, 0.717) is 5.92 Å². The smallest absolute Gasteiger partial charge is 0.00928 e. The molecule has 0 heteroatoms. The normalized spacial score (nSPS) is 14.9. The topological polar surface area (TPSA) is 0 Å². The van der Waals surface area contributed by atoms with Gasteiger partial charge in [-0.15, -0.1) is 0 Å². The van der Waals surface area contributed by atoms with Crippen LogP contribution >= 0.6 is 0 Å². The van der Waals surface area contributed by atoms with Crippen LogP contribution in [0.4, 0.5) is 0 Å². The lowest BCUT2D eigenvalue weighted by molar-refractivity contribution is 0.510. The molecule has 2 aromatic rings. The minimum atomic E-state index is 0.0645. The monoisotopic (exact) mass is 476 g/mol. The Morgan fingerprint density at radius 1 is 0.486 bits per heavy atom. The standard InChI is InChI=1S/C35H56/c1-17-25(26-19-18-23(31(2,3)4)21-28(26)33(8,9)10)27-20-24(32(5,6)7)22-29(34(11,12)13)30(27)35(14,15)16/h18-22,25H,17H2,1-16H3. The van der Waals surface area contributed by atoms with Crippen LogP contribution in [0.15, 0.2) is 30.3 Å². The van der Waals surface area contributed by atoms with Crippen molar-refractivity contribution >= 4 is 0 Å².